The summed E-state index contributed by atoms with van der Waals surface area (Å²) in [5, 5.41) is 6.81. The van der Waals surface area contributed by atoms with Crippen molar-refractivity contribution in [3.63, 3.8) is 0 Å². The van der Waals surface area contributed by atoms with Gasteiger partial charge in [-0.1, -0.05) is 18.2 Å². The molecular formula is C19H29IN4O2. The summed E-state index contributed by atoms with van der Waals surface area (Å²) in [5.41, 5.74) is 1.25. The third-order valence-electron chi connectivity index (χ3n) is 4.86. The normalized spacial score (nSPS) is 22.8. The molecule has 1 aromatic rings. The number of aliphatic imine (C=N–C) groups is 1. The Hall–Kier alpha value is -1.51. The molecule has 1 aromatic carbocycles. The summed E-state index contributed by atoms with van der Waals surface area (Å²) in [4.78, 5) is 18.2. The van der Waals surface area contributed by atoms with E-state index in [4.69, 9.17) is 9.73 Å². The first-order chi connectivity index (χ1) is 12.2. The van der Waals surface area contributed by atoms with Crippen molar-refractivity contribution in [2.24, 2.45) is 4.99 Å². The van der Waals surface area contributed by atoms with E-state index in [9.17, 15) is 4.79 Å². The Balaban J connectivity index is 0.00000243. The van der Waals surface area contributed by atoms with Crippen LogP contribution in [0.1, 0.15) is 37.7 Å². The quantitative estimate of drug-likeness (QED) is 0.401. The van der Waals surface area contributed by atoms with Gasteiger partial charge in [0.25, 0.3) is 0 Å². The second kappa shape index (κ2) is 9.99. The minimum atomic E-state index is 0. The maximum Gasteiger partial charge on any atom is 0.222 e. The molecule has 0 bridgehead atoms. The summed E-state index contributed by atoms with van der Waals surface area (Å²) in [6.45, 7) is 5.09. The largest absolute Gasteiger partial charge is 0.493 e. The molecule has 7 heteroatoms. The molecule has 1 saturated heterocycles. The number of benzene rings is 1. The van der Waals surface area contributed by atoms with Crippen LogP contribution in [0, 0.1) is 0 Å². The van der Waals surface area contributed by atoms with Crippen LogP contribution < -0.4 is 15.4 Å². The van der Waals surface area contributed by atoms with Gasteiger partial charge in [0.2, 0.25) is 5.91 Å². The summed E-state index contributed by atoms with van der Waals surface area (Å²) < 4.78 is 5.73. The maximum atomic E-state index is 11.6. The van der Waals surface area contributed by atoms with Crippen molar-refractivity contribution in [2.75, 3.05) is 33.3 Å². The molecule has 2 heterocycles. The van der Waals surface area contributed by atoms with Gasteiger partial charge in [0.15, 0.2) is 5.96 Å². The lowest BCUT2D eigenvalue weighted by atomic mass is 9.93. The predicted octanol–water partition coefficient (Wildman–Crippen LogP) is 2.35. The number of carbonyl (C=O) groups excluding carboxylic acids is 1. The SMILES string of the molecule is CCNC(=NCC1CCOc2ccccc21)NC1CCC(=O)N(C)C1.I. The van der Waals surface area contributed by atoms with Gasteiger partial charge in [0.1, 0.15) is 5.75 Å². The van der Waals surface area contributed by atoms with E-state index in [1.54, 1.807) is 4.90 Å². The summed E-state index contributed by atoms with van der Waals surface area (Å²) >= 11 is 0. The van der Waals surface area contributed by atoms with Gasteiger partial charge in [-0.2, -0.15) is 0 Å². The standard InChI is InChI=1S/C19H28N4O2.HI/c1-3-20-19(22-15-8-9-18(24)23(2)13-15)21-12-14-10-11-25-17-7-5-4-6-16(14)17;/h4-7,14-15H,3,8-13H2,1-2H3,(H2,20,21,22);1H. The van der Waals surface area contributed by atoms with E-state index >= 15 is 0 Å². The molecule has 2 aliphatic rings. The van der Waals surface area contributed by atoms with Gasteiger partial charge < -0.3 is 20.3 Å². The van der Waals surface area contributed by atoms with Gasteiger partial charge >= 0.3 is 0 Å². The highest BCUT2D eigenvalue weighted by molar-refractivity contribution is 14.0. The molecule has 0 saturated carbocycles. The Labute approximate surface area is 172 Å². The molecule has 2 aliphatic heterocycles. The lowest BCUT2D eigenvalue weighted by Gasteiger charge is -2.31. The van der Waals surface area contributed by atoms with E-state index in [2.05, 4.69) is 29.7 Å². The number of carbonyl (C=O) groups is 1. The van der Waals surface area contributed by atoms with Crippen molar-refractivity contribution in [1.82, 2.24) is 15.5 Å². The van der Waals surface area contributed by atoms with Crippen LogP contribution in [-0.4, -0.2) is 56.1 Å². The third kappa shape index (κ3) is 5.25. The van der Waals surface area contributed by atoms with E-state index in [0.717, 1.165) is 50.8 Å². The van der Waals surface area contributed by atoms with E-state index in [1.807, 2.05) is 19.2 Å². The topological polar surface area (TPSA) is 66.0 Å². The van der Waals surface area contributed by atoms with Gasteiger partial charge in [0.05, 0.1) is 6.61 Å². The zero-order chi connectivity index (χ0) is 17.6. The second-order valence-corrected chi connectivity index (χ2v) is 6.75. The number of para-hydroxylation sites is 1. The van der Waals surface area contributed by atoms with Gasteiger partial charge in [-0.3, -0.25) is 9.79 Å². The number of amides is 1. The van der Waals surface area contributed by atoms with Crippen LogP contribution in [0.25, 0.3) is 0 Å². The minimum Gasteiger partial charge on any atom is -0.493 e. The van der Waals surface area contributed by atoms with Crippen LogP contribution in [0.3, 0.4) is 0 Å². The number of fused-ring (bicyclic) bond motifs is 1. The molecule has 6 nitrogen and oxygen atoms in total. The van der Waals surface area contributed by atoms with Crippen LogP contribution in [0.2, 0.25) is 0 Å². The van der Waals surface area contributed by atoms with Crippen LogP contribution in [0.15, 0.2) is 29.3 Å². The van der Waals surface area contributed by atoms with E-state index in [0.29, 0.717) is 12.3 Å². The first kappa shape index (κ1) is 20.8. The number of hydrogen-bond acceptors (Lipinski definition) is 3. The molecule has 1 fully saturated rings. The average Bonchev–Trinajstić information content (AvgIpc) is 2.63. The average molecular weight is 472 g/mol. The van der Waals surface area contributed by atoms with E-state index < -0.39 is 0 Å². The number of likely N-dealkylation sites (N-methyl/N-ethyl adjacent to an activating group) is 1. The molecular weight excluding hydrogens is 443 g/mol. The highest BCUT2D eigenvalue weighted by atomic mass is 127. The molecule has 0 spiro atoms. The molecule has 2 N–H and O–H groups in total. The maximum absolute atomic E-state index is 11.6. The molecule has 3 rings (SSSR count). The molecule has 1 amide bonds. The van der Waals surface area contributed by atoms with Crippen molar-refractivity contribution in [3.05, 3.63) is 29.8 Å². The Kier molecular flexibility index (Phi) is 7.99. The first-order valence-corrected chi connectivity index (χ1v) is 9.18. The molecule has 0 aliphatic carbocycles. The molecule has 2 unspecified atom stereocenters. The van der Waals surface area contributed by atoms with Crippen LogP contribution in [0.5, 0.6) is 5.75 Å². The number of halogens is 1. The molecule has 26 heavy (non-hydrogen) atoms. The zero-order valence-corrected chi connectivity index (χ0v) is 17.9. The number of ether oxygens (including phenoxy) is 1. The molecule has 0 radical (unpaired) electrons. The van der Waals surface area contributed by atoms with Crippen LogP contribution in [-0.2, 0) is 4.79 Å². The van der Waals surface area contributed by atoms with Crippen LogP contribution >= 0.6 is 24.0 Å². The predicted molar refractivity (Wildman–Crippen MR) is 114 cm³/mol. The summed E-state index contributed by atoms with van der Waals surface area (Å²) in [6, 6.07) is 8.49. The lowest BCUT2D eigenvalue weighted by molar-refractivity contribution is -0.132. The van der Waals surface area contributed by atoms with Crippen molar-refractivity contribution >= 4 is 35.8 Å². The monoisotopic (exact) mass is 472 g/mol. The minimum absolute atomic E-state index is 0. The zero-order valence-electron chi connectivity index (χ0n) is 15.5. The fourth-order valence-electron chi connectivity index (χ4n) is 3.45. The highest BCUT2D eigenvalue weighted by Gasteiger charge is 2.24. The smallest absolute Gasteiger partial charge is 0.222 e. The van der Waals surface area contributed by atoms with Gasteiger partial charge in [-0.15, -0.1) is 24.0 Å². The fourth-order valence-corrected chi connectivity index (χ4v) is 3.45. The summed E-state index contributed by atoms with van der Waals surface area (Å²) in [6.07, 6.45) is 2.44. The number of guanidine groups is 1. The lowest BCUT2D eigenvalue weighted by Crippen LogP contribution is -2.51. The van der Waals surface area contributed by atoms with Crippen molar-refractivity contribution < 1.29 is 9.53 Å². The number of rotatable bonds is 4. The van der Waals surface area contributed by atoms with Gasteiger partial charge in [-0.25, -0.2) is 0 Å². The Morgan fingerprint density at radius 3 is 2.92 bits per heavy atom. The number of likely N-dealkylation sites (tertiary alicyclic amines) is 1. The third-order valence-corrected chi connectivity index (χ3v) is 4.86. The van der Waals surface area contributed by atoms with Crippen LogP contribution in [0.4, 0.5) is 0 Å². The molecule has 144 valence electrons. The fraction of sp³-hybridized carbons (Fsp3) is 0.579. The Bertz CT molecular complexity index is 638. The van der Waals surface area contributed by atoms with Crippen molar-refractivity contribution in [2.45, 2.75) is 38.1 Å². The highest BCUT2D eigenvalue weighted by Crippen LogP contribution is 2.33. The first-order valence-electron chi connectivity index (χ1n) is 9.18. The summed E-state index contributed by atoms with van der Waals surface area (Å²) in [7, 11) is 1.86. The van der Waals surface area contributed by atoms with E-state index in [-0.39, 0.29) is 35.9 Å². The second-order valence-electron chi connectivity index (χ2n) is 6.75. The van der Waals surface area contributed by atoms with Gasteiger partial charge in [-0.05, 0) is 31.4 Å². The number of hydrogen-bond donors (Lipinski definition) is 2. The van der Waals surface area contributed by atoms with E-state index in [1.165, 1.54) is 5.56 Å². The van der Waals surface area contributed by atoms with Crippen molar-refractivity contribution in [3.8, 4) is 5.75 Å². The Morgan fingerprint density at radius 2 is 2.15 bits per heavy atom. The number of nitrogens with zero attached hydrogens (tertiary/aromatic N) is 2. The van der Waals surface area contributed by atoms with Crippen molar-refractivity contribution in [1.29, 1.82) is 0 Å². The number of piperidine rings is 1. The molecule has 2 atom stereocenters. The summed E-state index contributed by atoms with van der Waals surface area (Å²) in [5.74, 6) is 2.42. The molecule has 0 aromatic heterocycles. The Morgan fingerprint density at radius 1 is 1.35 bits per heavy atom. The van der Waals surface area contributed by atoms with Gasteiger partial charge in [0, 0.05) is 45.1 Å². The number of nitrogens with one attached hydrogen (secondary N) is 2.